The van der Waals surface area contributed by atoms with E-state index in [2.05, 4.69) is 53.6 Å². The summed E-state index contributed by atoms with van der Waals surface area (Å²) in [6, 6.07) is 12.7. The highest BCUT2D eigenvalue weighted by atomic mass is 32.1. The number of thiophene rings is 1. The highest BCUT2D eigenvalue weighted by Gasteiger charge is 2.09. The second-order valence-electron chi connectivity index (χ2n) is 4.08. The number of benzene rings is 1. The van der Waals surface area contributed by atoms with Gasteiger partial charge in [-0.3, -0.25) is 0 Å². The Labute approximate surface area is 107 Å². The van der Waals surface area contributed by atoms with E-state index < -0.39 is 0 Å². The van der Waals surface area contributed by atoms with Crippen molar-refractivity contribution in [2.45, 2.75) is 13.5 Å². The molecule has 0 unspecified atom stereocenters. The maximum absolute atomic E-state index is 5.71. The summed E-state index contributed by atoms with van der Waals surface area (Å²) in [5.74, 6) is 0. The molecule has 0 bridgehead atoms. The minimum absolute atomic E-state index is 0.680. The summed E-state index contributed by atoms with van der Waals surface area (Å²) in [6.07, 6.45) is 0. The molecule has 1 aromatic heterocycles. The van der Waals surface area contributed by atoms with Crippen LogP contribution < -0.4 is 10.6 Å². The van der Waals surface area contributed by atoms with Crippen LogP contribution in [0.2, 0.25) is 0 Å². The van der Waals surface area contributed by atoms with Crippen molar-refractivity contribution in [1.29, 1.82) is 0 Å². The van der Waals surface area contributed by atoms with E-state index in [1.165, 1.54) is 16.1 Å². The molecule has 1 aromatic carbocycles. The predicted molar refractivity (Wildman–Crippen MR) is 75.6 cm³/mol. The van der Waals surface area contributed by atoms with Gasteiger partial charge in [0.1, 0.15) is 0 Å². The third-order valence-corrected chi connectivity index (χ3v) is 3.64. The molecular weight excluding hydrogens is 228 g/mol. The normalized spacial score (nSPS) is 10.5. The molecular formula is C14H18N2S. The van der Waals surface area contributed by atoms with Gasteiger partial charge in [-0.1, -0.05) is 24.3 Å². The Morgan fingerprint density at radius 3 is 2.65 bits per heavy atom. The zero-order valence-electron chi connectivity index (χ0n) is 10.1. The summed E-state index contributed by atoms with van der Waals surface area (Å²) in [6.45, 7) is 4.66. The predicted octanol–water partition coefficient (Wildman–Crippen LogP) is 3.02. The third-order valence-electron chi connectivity index (χ3n) is 2.78. The van der Waals surface area contributed by atoms with E-state index in [-0.39, 0.29) is 0 Å². The van der Waals surface area contributed by atoms with Crippen LogP contribution in [0, 0.1) is 6.92 Å². The number of nitrogens with zero attached hydrogens (tertiary/aromatic N) is 1. The molecule has 0 radical (unpaired) electrons. The van der Waals surface area contributed by atoms with Gasteiger partial charge < -0.3 is 10.6 Å². The Balaban J connectivity index is 2.20. The molecule has 1 heterocycles. The van der Waals surface area contributed by atoms with E-state index in [0.717, 1.165) is 13.1 Å². The van der Waals surface area contributed by atoms with Crippen LogP contribution in [0.1, 0.15) is 10.4 Å². The first kappa shape index (κ1) is 12.1. The Bertz CT molecular complexity index is 451. The van der Waals surface area contributed by atoms with Crippen molar-refractivity contribution >= 4 is 17.0 Å². The molecule has 90 valence electrons. The molecule has 0 aliphatic heterocycles. The second-order valence-corrected chi connectivity index (χ2v) is 5.11. The van der Waals surface area contributed by atoms with Crippen LogP contribution in [0.25, 0.3) is 0 Å². The largest absolute Gasteiger partial charge is 0.365 e. The van der Waals surface area contributed by atoms with Crippen molar-refractivity contribution in [2.75, 3.05) is 18.0 Å². The highest BCUT2D eigenvalue weighted by molar-refractivity contribution is 7.09. The summed E-state index contributed by atoms with van der Waals surface area (Å²) < 4.78 is 0. The monoisotopic (exact) mass is 246 g/mol. The zero-order valence-corrected chi connectivity index (χ0v) is 10.9. The van der Waals surface area contributed by atoms with Crippen LogP contribution in [0.4, 0.5) is 5.69 Å². The molecule has 0 aliphatic carbocycles. The number of aryl methyl sites for hydroxylation is 1. The molecule has 17 heavy (non-hydrogen) atoms. The SMILES string of the molecule is Cc1ccccc1N(CCN)Cc1cccs1. The first-order valence-electron chi connectivity index (χ1n) is 5.84. The van der Waals surface area contributed by atoms with Gasteiger partial charge in [-0.05, 0) is 30.0 Å². The zero-order chi connectivity index (χ0) is 12.1. The number of nitrogens with two attached hydrogens (primary N) is 1. The van der Waals surface area contributed by atoms with E-state index in [4.69, 9.17) is 5.73 Å². The van der Waals surface area contributed by atoms with Crippen LogP contribution in [-0.2, 0) is 6.54 Å². The van der Waals surface area contributed by atoms with Crippen molar-refractivity contribution in [3.8, 4) is 0 Å². The van der Waals surface area contributed by atoms with Gasteiger partial charge >= 0.3 is 0 Å². The van der Waals surface area contributed by atoms with Crippen molar-refractivity contribution in [3.05, 3.63) is 52.2 Å². The van der Waals surface area contributed by atoms with E-state index in [1.807, 2.05) is 0 Å². The number of hydrogen-bond donors (Lipinski definition) is 1. The number of hydrogen-bond acceptors (Lipinski definition) is 3. The van der Waals surface area contributed by atoms with Gasteiger partial charge in [0.2, 0.25) is 0 Å². The third kappa shape index (κ3) is 3.08. The Morgan fingerprint density at radius 2 is 2.00 bits per heavy atom. The van der Waals surface area contributed by atoms with Gasteiger partial charge in [-0.15, -0.1) is 11.3 Å². The first-order valence-corrected chi connectivity index (χ1v) is 6.72. The molecule has 0 atom stereocenters. The van der Waals surface area contributed by atoms with Crippen LogP contribution in [0.15, 0.2) is 41.8 Å². The Morgan fingerprint density at radius 1 is 1.18 bits per heavy atom. The maximum Gasteiger partial charge on any atom is 0.0523 e. The van der Waals surface area contributed by atoms with Crippen molar-refractivity contribution < 1.29 is 0 Å². The Kier molecular flexibility index (Phi) is 4.18. The van der Waals surface area contributed by atoms with Gasteiger partial charge in [0, 0.05) is 23.7 Å². The fourth-order valence-electron chi connectivity index (χ4n) is 1.95. The topological polar surface area (TPSA) is 29.3 Å². The van der Waals surface area contributed by atoms with Crippen molar-refractivity contribution in [3.63, 3.8) is 0 Å². The van der Waals surface area contributed by atoms with Crippen LogP contribution in [0.5, 0.6) is 0 Å². The lowest BCUT2D eigenvalue weighted by Gasteiger charge is -2.25. The molecule has 2 rings (SSSR count). The molecule has 2 N–H and O–H groups in total. The van der Waals surface area contributed by atoms with Crippen LogP contribution in [0.3, 0.4) is 0 Å². The quantitative estimate of drug-likeness (QED) is 0.878. The van der Waals surface area contributed by atoms with Gasteiger partial charge in [0.25, 0.3) is 0 Å². The van der Waals surface area contributed by atoms with E-state index in [9.17, 15) is 0 Å². The summed E-state index contributed by atoms with van der Waals surface area (Å²) in [5, 5.41) is 2.12. The fraction of sp³-hybridized carbons (Fsp3) is 0.286. The van der Waals surface area contributed by atoms with Gasteiger partial charge in [0.05, 0.1) is 6.54 Å². The second kappa shape index (κ2) is 5.84. The molecule has 0 amide bonds. The van der Waals surface area contributed by atoms with Gasteiger partial charge in [0.15, 0.2) is 0 Å². The molecule has 0 fully saturated rings. The van der Waals surface area contributed by atoms with Gasteiger partial charge in [-0.25, -0.2) is 0 Å². The van der Waals surface area contributed by atoms with E-state index >= 15 is 0 Å². The molecule has 0 saturated carbocycles. The van der Waals surface area contributed by atoms with Gasteiger partial charge in [-0.2, -0.15) is 0 Å². The standard InChI is InChI=1S/C14H18N2S/c1-12-5-2-3-7-14(12)16(9-8-15)11-13-6-4-10-17-13/h2-7,10H,8-9,11,15H2,1H3. The fourth-order valence-corrected chi connectivity index (χ4v) is 2.67. The van der Waals surface area contributed by atoms with Crippen molar-refractivity contribution in [1.82, 2.24) is 0 Å². The minimum atomic E-state index is 0.680. The molecule has 0 aliphatic rings. The Hall–Kier alpha value is -1.32. The molecule has 0 saturated heterocycles. The smallest absolute Gasteiger partial charge is 0.0523 e. The summed E-state index contributed by atoms with van der Waals surface area (Å²) in [7, 11) is 0. The van der Waals surface area contributed by atoms with Crippen LogP contribution in [-0.4, -0.2) is 13.1 Å². The van der Waals surface area contributed by atoms with E-state index in [1.54, 1.807) is 11.3 Å². The average Bonchev–Trinajstić information content (AvgIpc) is 2.82. The number of para-hydroxylation sites is 1. The highest BCUT2D eigenvalue weighted by Crippen LogP contribution is 2.22. The minimum Gasteiger partial charge on any atom is -0.365 e. The number of rotatable bonds is 5. The molecule has 3 heteroatoms. The average molecular weight is 246 g/mol. The summed E-state index contributed by atoms with van der Waals surface area (Å²) in [4.78, 5) is 3.72. The van der Waals surface area contributed by atoms with Crippen LogP contribution >= 0.6 is 11.3 Å². The van der Waals surface area contributed by atoms with E-state index in [0.29, 0.717) is 6.54 Å². The lowest BCUT2D eigenvalue weighted by Crippen LogP contribution is -2.29. The molecule has 0 spiro atoms. The maximum atomic E-state index is 5.71. The lowest BCUT2D eigenvalue weighted by atomic mass is 10.2. The van der Waals surface area contributed by atoms with Crippen molar-refractivity contribution in [2.24, 2.45) is 5.73 Å². The lowest BCUT2D eigenvalue weighted by molar-refractivity contribution is 0.794. The molecule has 2 aromatic rings. The number of anilines is 1. The summed E-state index contributed by atoms with van der Waals surface area (Å²) in [5.41, 5.74) is 8.29. The first-order chi connectivity index (χ1) is 8.31. The summed E-state index contributed by atoms with van der Waals surface area (Å²) >= 11 is 1.80. The molecule has 2 nitrogen and oxygen atoms in total.